The van der Waals surface area contributed by atoms with Crippen LogP contribution in [0.15, 0.2) is 36.7 Å². The molecular formula is C26H28ClFN6O2S. The van der Waals surface area contributed by atoms with Gasteiger partial charge in [-0.15, -0.1) is 0 Å². The largest absolute Gasteiger partial charge is 0.443 e. The van der Waals surface area contributed by atoms with Crippen molar-refractivity contribution in [3.05, 3.63) is 47.5 Å². The summed E-state index contributed by atoms with van der Waals surface area (Å²) in [4.78, 5) is 24.0. The maximum absolute atomic E-state index is 14.6. The molecule has 4 heterocycles. The Morgan fingerprint density at radius 2 is 2.03 bits per heavy atom. The van der Waals surface area contributed by atoms with Crippen LogP contribution in [0.2, 0.25) is 5.02 Å². The van der Waals surface area contributed by atoms with Gasteiger partial charge in [-0.1, -0.05) is 11.6 Å². The Kier molecular flexibility index (Phi) is 6.66. The van der Waals surface area contributed by atoms with Crippen molar-refractivity contribution in [3.8, 4) is 11.3 Å². The van der Waals surface area contributed by atoms with Crippen LogP contribution in [0, 0.1) is 5.82 Å². The van der Waals surface area contributed by atoms with Crippen LogP contribution in [0.3, 0.4) is 0 Å². The molecule has 1 aliphatic rings. The molecule has 1 fully saturated rings. The Morgan fingerprint density at radius 3 is 2.78 bits per heavy atom. The van der Waals surface area contributed by atoms with E-state index < -0.39 is 11.4 Å². The highest BCUT2D eigenvalue weighted by atomic mass is 35.5. The molecule has 8 nitrogen and oxygen atoms in total. The molecule has 11 heteroatoms. The molecule has 1 aromatic carbocycles. The van der Waals surface area contributed by atoms with Crippen molar-refractivity contribution < 1.29 is 13.9 Å². The smallest absolute Gasteiger partial charge is 0.420 e. The number of aromatic nitrogens is 4. The highest BCUT2D eigenvalue weighted by Crippen LogP contribution is 2.35. The van der Waals surface area contributed by atoms with Crippen LogP contribution in [-0.4, -0.2) is 60.6 Å². The molecule has 37 heavy (non-hydrogen) atoms. The molecule has 1 aliphatic heterocycles. The highest BCUT2D eigenvalue weighted by molar-refractivity contribution is 7.98. The molecule has 0 aliphatic carbocycles. The van der Waals surface area contributed by atoms with Gasteiger partial charge < -0.3 is 9.64 Å². The van der Waals surface area contributed by atoms with Gasteiger partial charge in [0.1, 0.15) is 11.1 Å². The number of nitrogens with zero attached hydrogens (tertiary/aromatic N) is 6. The normalized spacial score (nSPS) is 16.9. The molecule has 1 atom stereocenters. The van der Waals surface area contributed by atoms with Crippen LogP contribution < -0.4 is 4.90 Å². The van der Waals surface area contributed by atoms with Crippen LogP contribution in [0.5, 0.6) is 0 Å². The van der Waals surface area contributed by atoms with E-state index in [0.717, 1.165) is 5.69 Å². The minimum absolute atomic E-state index is 0.125. The Hall–Kier alpha value is -3.11. The number of ether oxygens (including phenoxy) is 1. The molecule has 194 valence electrons. The maximum Gasteiger partial charge on any atom is 0.420 e. The number of anilines is 1. The molecule has 0 saturated carbocycles. The van der Waals surface area contributed by atoms with Crippen LogP contribution in [0.1, 0.15) is 27.7 Å². The van der Waals surface area contributed by atoms with Gasteiger partial charge in [0.2, 0.25) is 0 Å². The summed E-state index contributed by atoms with van der Waals surface area (Å²) < 4.78 is 23.4. The van der Waals surface area contributed by atoms with Gasteiger partial charge in [-0.2, -0.15) is 5.10 Å². The van der Waals surface area contributed by atoms with E-state index in [1.165, 1.54) is 18.0 Å². The summed E-state index contributed by atoms with van der Waals surface area (Å²) in [6, 6.07) is 6.99. The summed E-state index contributed by atoms with van der Waals surface area (Å²) in [6.07, 6.45) is 3.15. The molecule has 1 amide bonds. The van der Waals surface area contributed by atoms with E-state index in [2.05, 4.69) is 26.9 Å². The molecule has 1 saturated heterocycles. The molecule has 0 N–H and O–H groups in total. The van der Waals surface area contributed by atoms with Crippen LogP contribution in [0.4, 0.5) is 14.9 Å². The average Bonchev–Trinajstić information content (AvgIpc) is 3.09. The fourth-order valence-corrected chi connectivity index (χ4v) is 5.67. The first-order valence-electron chi connectivity index (χ1n) is 12.0. The van der Waals surface area contributed by atoms with Gasteiger partial charge in [0.05, 0.1) is 29.1 Å². The summed E-state index contributed by atoms with van der Waals surface area (Å²) in [5, 5.41) is 6.24. The maximum atomic E-state index is 14.6. The summed E-state index contributed by atoms with van der Waals surface area (Å²) >= 11 is 8.33. The highest BCUT2D eigenvalue weighted by Gasteiger charge is 2.29. The van der Waals surface area contributed by atoms with Crippen molar-refractivity contribution in [1.29, 1.82) is 0 Å². The summed E-state index contributed by atoms with van der Waals surface area (Å²) in [5.74, 6) is -0.398. The molecule has 0 radical (unpaired) electrons. The third kappa shape index (κ3) is 5.31. The minimum atomic E-state index is -0.556. The molecule has 5 rings (SSSR count). The lowest BCUT2D eigenvalue weighted by atomic mass is 10.1. The van der Waals surface area contributed by atoms with Gasteiger partial charge in [0.25, 0.3) is 0 Å². The number of hydrogen-bond acceptors (Lipinski definition) is 7. The topological polar surface area (TPSA) is 76.4 Å². The zero-order valence-corrected chi connectivity index (χ0v) is 22.9. The third-order valence-electron chi connectivity index (χ3n) is 5.91. The molecule has 0 bridgehead atoms. The lowest BCUT2D eigenvalue weighted by Crippen LogP contribution is -2.35. The van der Waals surface area contributed by atoms with Crippen molar-refractivity contribution in [2.45, 2.75) is 38.5 Å². The summed E-state index contributed by atoms with van der Waals surface area (Å²) in [5.41, 5.74) is 2.27. The van der Waals surface area contributed by atoms with Gasteiger partial charge in [0.15, 0.2) is 11.5 Å². The van der Waals surface area contributed by atoms with E-state index in [9.17, 15) is 9.18 Å². The van der Waals surface area contributed by atoms with E-state index in [1.54, 1.807) is 28.4 Å². The van der Waals surface area contributed by atoms with E-state index in [-0.39, 0.29) is 11.3 Å². The van der Waals surface area contributed by atoms with E-state index in [0.29, 0.717) is 57.9 Å². The van der Waals surface area contributed by atoms with Crippen molar-refractivity contribution in [1.82, 2.24) is 24.1 Å². The molecular weight excluding hydrogens is 515 g/mol. The Bertz CT molecular complexity index is 1500. The first kappa shape index (κ1) is 25.5. The van der Waals surface area contributed by atoms with Crippen LogP contribution in [0.25, 0.3) is 33.2 Å². The van der Waals surface area contributed by atoms with Gasteiger partial charge in [-0.25, -0.2) is 23.5 Å². The average molecular weight is 543 g/mol. The number of amides is 1. The fourth-order valence-electron chi connectivity index (χ4n) is 4.36. The van der Waals surface area contributed by atoms with Crippen molar-refractivity contribution >= 4 is 57.3 Å². The standard InChI is InChI=1S/C26H28ClFN6O2S/c1-15-13-33(8-9-34(37-15)25(35)36-26(2,3)4)21-12-29-24-18(22(21)27)6-7-20(30-24)16-10-17-14-32(5)31-23(17)19(28)11-16/h6-7,10-12,14-15H,8-9,13H2,1-5H3/t15-/m0/s1. The zero-order chi connectivity index (χ0) is 26.5. The number of rotatable bonds is 2. The third-order valence-corrected chi connectivity index (χ3v) is 7.41. The second-order valence-corrected chi connectivity index (χ2v) is 12.0. The first-order chi connectivity index (χ1) is 17.5. The van der Waals surface area contributed by atoms with E-state index in [1.807, 2.05) is 39.0 Å². The number of carbonyl (C=O) groups is 1. The number of carbonyl (C=O) groups excluding carboxylic acids is 1. The first-order valence-corrected chi connectivity index (χ1v) is 13.2. The quantitative estimate of drug-likeness (QED) is 0.284. The van der Waals surface area contributed by atoms with Crippen LogP contribution in [-0.2, 0) is 11.8 Å². The molecule has 3 aromatic heterocycles. The summed E-state index contributed by atoms with van der Waals surface area (Å²) in [6.45, 7) is 9.39. The van der Waals surface area contributed by atoms with Crippen molar-refractivity contribution in [2.75, 3.05) is 24.5 Å². The van der Waals surface area contributed by atoms with E-state index in [4.69, 9.17) is 16.3 Å². The monoisotopic (exact) mass is 542 g/mol. The number of hydrogen-bond donors (Lipinski definition) is 0. The SMILES string of the molecule is C[C@H]1CN(c2cnc3nc(-c4cc(F)c5nn(C)cc5c4)ccc3c2Cl)CCN(C(=O)OC(C)(C)C)S1. The Labute approximate surface area is 223 Å². The van der Waals surface area contributed by atoms with Gasteiger partial charge >= 0.3 is 6.09 Å². The molecule has 4 aromatic rings. The number of pyridine rings is 2. The lowest BCUT2D eigenvalue weighted by Gasteiger charge is -2.26. The number of fused-ring (bicyclic) bond motifs is 2. The number of halogens is 2. The molecule has 0 spiro atoms. The summed E-state index contributed by atoms with van der Waals surface area (Å²) in [7, 11) is 1.76. The Morgan fingerprint density at radius 1 is 1.24 bits per heavy atom. The van der Waals surface area contributed by atoms with Gasteiger partial charge in [-0.3, -0.25) is 4.68 Å². The zero-order valence-electron chi connectivity index (χ0n) is 21.3. The number of benzene rings is 1. The predicted molar refractivity (Wildman–Crippen MR) is 146 cm³/mol. The van der Waals surface area contributed by atoms with Crippen molar-refractivity contribution in [3.63, 3.8) is 0 Å². The Balaban J connectivity index is 1.42. The lowest BCUT2D eigenvalue weighted by molar-refractivity contribution is 0.0409. The second kappa shape index (κ2) is 9.64. The second-order valence-electron chi connectivity index (χ2n) is 10.2. The van der Waals surface area contributed by atoms with Gasteiger partial charge in [-0.05, 0) is 63.9 Å². The van der Waals surface area contributed by atoms with Crippen LogP contribution >= 0.6 is 23.5 Å². The van der Waals surface area contributed by atoms with Gasteiger partial charge in [0, 0.05) is 47.9 Å². The predicted octanol–water partition coefficient (Wildman–Crippen LogP) is 6.07. The minimum Gasteiger partial charge on any atom is -0.443 e. The van der Waals surface area contributed by atoms with E-state index >= 15 is 0 Å². The molecule has 0 unspecified atom stereocenters. The number of aryl methyl sites for hydroxylation is 1. The van der Waals surface area contributed by atoms with Crippen molar-refractivity contribution in [2.24, 2.45) is 7.05 Å². The fraction of sp³-hybridized carbons (Fsp3) is 0.385.